The van der Waals surface area contributed by atoms with Gasteiger partial charge in [0.25, 0.3) is 0 Å². The van der Waals surface area contributed by atoms with Gasteiger partial charge in [0.2, 0.25) is 5.91 Å². The predicted octanol–water partition coefficient (Wildman–Crippen LogP) is 2.94. The van der Waals surface area contributed by atoms with Gasteiger partial charge in [-0.25, -0.2) is 4.79 Å². The van der Waals surface area contributed by atoms with Crippen LogP contribution in [-0.2, 0) is 22.4 Å². The number of nitrogens with one attached hydrogen (secondary N) is 1. The average molecular weight is 363 g/mol. The van der Waals surface area contributed by atoms with Gasteiger partial charge in [-0.15, -0.1) is 0 Å². The number of rotatable bonds is 8. The molecule has 1 heterocycles. The van der Waals surface area contributed by atoms with E-state index < -0.39 is 5.97 Å². The molecule has 1 aliphatic heterocycles. The first-order valence-corrected chi connectivity index (χ1v) is 8.72. The summed E-state index contributed by atoms with van der Waals surface area (Å²) in [6.07, 6.45) is 4.42. The van der Waals surface area contributed by atoms with E-state index in [-0.39, 0.29) is 5.91 Å². The zero-order valence-corrected chi connectivity index (χ0v) is 14.8. The van der Waals surface area contributed by atoms with Crippen LogP contribution in [0.25, 0.3) is 6.08 Å². The Labute approximate surface area is 157 Å². The number of anilines is 1. The molecule has 0 aromatic heterocycles. The number of aryl methyl sites for hydroxylation is 1. The Kier molecular flexibility index (Phi) is 5.66. The number of carboxylic acid groups (broad SMARTS) is 1. The molecule has 0 atom stereocenters. The average Bonchev–Trinajstić information content (AvgIpc) is 3.05. The molecule has 6 nitrogen and oxygen atoms in total. The van der Waals surface area contributed by atoms with Gasteiger partial charge in [0.15, 0.2) is 0 Å². The van der Waals surface area contributed by atoms with Gasteiger partial charge in [-0.05, 0) is 41.3 Å². The highest BCUT2D eigenvalue weighted by Gasteiger charge is 2.15. The predicted molar refractivity (Wildman–Crippen MR) is 106 cm³/mol. The van der Waals surface area contributed by atoms with Crippen molar-refractivity contribution in [3.63, 3.8) is 0 Å². The molecule has 27 heavy (non-hydrogen) atoms. The maximum absolute atomic E-state index is 10.9. The number of nitrogens with zero attached hydrogens (tertiary/aromatic N) is 1. The first-order valence-electron chi connectivity index (χ1n) is 8.72. The fourth-order valence-corrected chi connectivity index (χ4v) is 3.01. The molecule has 2 aromatic rings. The highest BCUT2D eigenvalue weighted by Crippen LogP contribution is 2.28. The minimum absolute atomic E-state index is 0.299. The first kappa shape index (κ1) is 18.4. The van der Waals surface area contributed by atoms with Crippen molar-refractivity contribution in [2.75, 3.05) is 11.9 Å². The smallest absolute Gasteiger partial charge is 0.328 e. The van der Waals surface area contributed by atoms with Gasteiger partial charge in [-0.3, -0.25) is 9.79 Å². The van der Waals surface area contributed by atoms with Crippen molar-refractivity contribution < 1.29 is 14.7 Å². The number of fused-ring (bicyclic) bond motifs is 1. The summed E-state index contributed by atoms with van der Waals surface area (Å²) in [7, 11) is 0. The quantitative estimate of drug-likeness (QED) is 0.627. The summed E-state index contributed by atoms with van der Waals surface area (Å²) < 4.78 is 0. The third-order valence-electron chi connectivity index (χ3n) is 4.33. The van der Waals surface area contributed by atoms with Crippen molar-refractivity contribution in [2.24, 2.45) is 10.7 Å². The second-order valence-corrected chi connectivity index (χ2v) is 6.40. The van der Waals surface area contributed by atoms with E-state index in [1.54, 1.807) is 6.08 Å². The number of aliphatic imine (C=N–C) groups is 1. The second-order valence-electron chi connectivity index (χ2n) is 6.40. The van der Waals surface area contributed by atoms with Crippen LogP contribution >= 0.6 is 0 Å². The summed E-state index contributed by atoms with van der Waals surface area (Å²) >= 11 is 0. The lowest BCUT2D eigenvalue weighted by molar-refractivity contribution is -0.131. The Balaban J connectivity index is 1.63. The van der Waals surface area contributed by atoms with E-state index in [0.717, 1.165) is 46.3 Å². The molecule has 0 unspecified atom stereocenters. The number of hydrogen-bond acceptors (Lipinski definition) is 4. The summed E-state index contributed by atoms with van der Waals surface area (Å²) in [5.41, 5.74) is 11.1. The minimum atomic E-state index is -0.979. The second kappa shape index (κ2) is 8.31. The number of carbonyl (C=O) groups excluding carboxylic acids is 1. The lowest BCUT2D eigenvalue weighted by Crippen LogP contribution is -2.14. The van der Waals surface area contributed by atoms with Crippen LogP contribution in [0, 0.1) is 0 Å². The minimum Gasteiger partial charge on any atom is -0.478 e. The Bertz CT molecular complexity index is 932. The van der Waals surface area contributed by atoms with E-state index in [4.69, 9.17) is 10.8 Å². The monoisotopic (exact) mass is 363 g/mol. The Hall–Kier alpha value is -3.41. The van der Waals surface area contributed by atoms with Crippen LogP contribution in [0.1, 0.15) is 23.1 Å². The summed E-state index contributed by atoms with van der Waals surface area (Å²) in [5.74, 6) is -1.28. The number of nitrogens with two attached hydrogens (primary N) is 1. The van der Waals surface area contributed by atoms with Crippen LogP contribution in [-0.4, -0.2) is 29.2 Å². The van der Waals surface area contributed by atoms with Gasteiger partial charge >= 0.3 is 5.97 Å². The molecular formula is C21H21N3O3. The number of benzene rings is 2. The molecule has 0 aliphatic carbocycles. The van der Waals surface area contributed by atoms with Crippen LogP contribution in [0.15, 0.2) is 53.5 Å². The number of para-hydroxylation sites is 1. The van der Waals surface area contributed by atoms with Crippen molar-refractivity contribution in [3.05, 3.63) is 65.2 Å². The molecule has 0 spiro atoms. The molecule has 0 fully saturated rings. The third kappa shape index (κ3) is 5.04. The number of carboxylic acids is 1. The van der Waals surface area contributed by atoms with Crippen molar-refractivity contribution in [1.82, 2.24) is 0 Å². The largest absolute Gasteiger partial charge is 0.478 e. The van der Waals surface area contributed by atoms with Gasteiger partial charge in [0.05, 0.1) is 12.2 Å². The fraction of sp³-hybridized carbons (Fsp3) is 0.190. The van der Waals surface area contributed by atoms with E-state index in [1.807, 2.05) is 36.4 Å². The molecule has 0 saturated heterocycles. The van der Waals surface area contributed by atoms with E-state index in [1.165, 1.54) is 0 Å². The number of carbonyl (C=O) groups is 2. The topological polar surface area (TPSA) is 105 Å². The lowest BCUT2D eigenvalue weighted by atomic mass is 10.0. The zero-order valence-electron chi connectivity index (χ0n) is 14.8. The molecule has 4 N–H and O–H groups in total. The van der Waals surface area contributed by atoms with Gasteiger partial charge in [-0.1, -0.05) is 30.3 Å². The molecular weight excluding hydrogens is 342 g/mol. The van der Waals surface area contributed by atoms with E-state index >= 15 is 0 Å². The van der Waals surface area contributed by atoms with Crippen molar-refractivity contribution in [2.45, 2.75) is 19.3 Å². The molecule has 6 heteroatoms. The van der Waals surface area contributed by atoms with Crippen molar-refractivity contribution in [3.8, 4) is 0 Å². The van der Waals surface area contributed by atoms with Gasteiger partial charge < -0.3 is 16.2 Å². The molecule has 0 radical (unpaired) electrons. The van der Waals surface area contributed by atoms with Crippen LogP contribution in [0.4, 0.5) is 11.4 Å². The van der Waals surface area contributed by atoms with Crippen molar-refractivity contribution >= 4 is 35.0 Å². The van der Waals surface area contributed by atoms with Crippen molar-refractivity contribution in [1.29, 1.82) is 0 Å². The first-order chi connectivity index (χ1) is 13.0. The SMILES string of the molecule is NC(=O)CCc1ccc2c(c1)CC(CNc1ccccc1/C=C/C(=O)O)=N2. The highest BCUT2D eigenvalue weighted by molar-refractivity contribution is 5.97. The van der Waals surface area contributed by atoms with E-state index in [9.17, 15) is 9.59 Å². The van der Waals surface area contributed by atoms with E-state index in [0.29, 0.717) is 19.4 Å². The molecule has 138 valence electrons. The van der Waals surface area contributed by atoms with Gasteiger partial charge in [-0.2, -0.15) is 0 Å². The van der Waals surface area contributed by atoms with Crippen LogP contribution in [0.3, 0.4) is 0 Å². The van der Waals surface area contributed by atoms with Gasteiger partial charge in [0, 0.05) is 30.3 Å². The molecule has 3 rings (SSSR count). The third-order valence-corrected chi connectivity index (χ3v) is 4.33. The molecule has 0 saturated carbocycles. The van der Waals surface area contributed by atoms with Crippen LogP contribution < -0.4 is 11.1 Å². The highest BCUT2D eigenvalue weighted by atomic mass is 16.4. The fourth-order valence-electron chi connectivity index (χ4n) is 3.01. The molecule has 0 bridgehead atoms. The summed E-state index contributed by atoms with van der Waals surface area (Å²) in [4.78, 5) is 26.3. The maximum Gasteiger partial charge on any atom is 0.328 e. The Morgan fingerprint density at radius 2 is 2.04 bits per heavy atom. The number of amides is 1. The molecule has 1 amide bonds. The summed E-state index contributed by atoms with van der Waals surface area (Å²) in [5, 5.41) is 12.1. The summed E-state index contributed by atoms with van der Waals surface area (Å²) in [6, 6.07) is 13.6. The standard InChI is InChI=1S/C21H21N3O3/c22-20(25)9-6-14-5-8-19-16(11-14)12-17(24-19)13-23-18-4-2-1-3-15(18)7-10-21(26)27/h1-5,7-8,10-11,23H,6,9,12-13H2,(H2,22,25)(H,26,27)/b10-7+. The Morgan fingerprint density at radius 1 is 1.22 bits per heavy atom. The number of aliphatic carboxylic acids is 1. The normalized spacial score (nSPS) is 12.7. The zero-order chi connectivity index (χ0) is 19.2. The van der Waals surface area contributed by atoms with E-state index in [2.05, 4.69) is 16.4 Å². The molecule has 1 aliphatic rings. The number of hydrogen-bond donors (Lipinski definition) is 3. The summed E-state index contributed by atoms with van der Waals surface area (Å²) in [6.45, 7) is 0.573. The maximum atomic E-state index is 10.9. The van der Waals surface area contributed by atoms with Gasteiger partial charge in [0.1, 0.15) is 0 Å². The lowest BCUT2D eigenvalue weighted by Gasteiger charge is -2.09. The molecule has 2 aromatic carbocycles. The number of primary amides is 1. The Morgan fingerprint density at radius 3 is 2.81 bits per heavy atom. The van der Waals surface area contributed by atoms with Crippen LogP contribution in [0.2, 0.25) is 0 Å². The van der Waals surface area contributed by atoms with Crippen LogP contribution in [0.5, 0.6) is 0 Å².